The van der Waals surface area contributed by atoms with Crippen LogP contribution in [0, 0.1) is 0 Å². The molecule has 1 atom stereocenters. The fourth-order valence-corrected chi connectivity index (χ4v) is 7.95. The first-order valence-corrected chi connectivity index (χ1v) is 12.5. The zero-order chi connectivity index (χ0) is 22.0. The van der Waals surface area contributed by atoms with E-state index in [2.05, 4.69) is 34.2 Å². The molecule has 1 aliphatic rings. The monoisotopic (exact) mass is 444 g/mol. The molecule has 156 valence electrons. The Morgan fingerprint density at radius 1 is 0.667 bits per heavy atom. The summed E-state index contributed by atoms with van der Waals surface area (Å²) in [4.78, 5) is 8.73. The molecule has 7 rings (SSSR count). The Balaban J connectivity index is 1.45. The van der Waals surface area contributed by atoms with Gasteiger partial charge in [0.05, 0.1) is 0 Å². The molecule has 0 bridgehead atoms. The Kier molecular flexibility index (Phi) is 3.79. The summed E-state index contributed by atoms with van der Waals surface area (Å²) >= 11 is 0. The summed E-state index contributed by atoms with van der Waals surface area (Å²) in [5.74, 6) is 0. The van der Waals surface area contributed by atoms with E-state index in [4.69, 9.17) is 4.42 Å². The van der Waals surface area contributed by atoms with Crippen molar-refractivity contribution in [3.05, 3.63) is 103 Å². The second-order valence-electron chi connectivity index (χ2n) is 8.22. The van der Waals surface area contributed by atoms with Crippen molar-refractivity contribution >= 4 is 45.3 Å². The van der Waals surface area contributed by atoms with Gasteiger partial charge in [0.2, 0.25) is 5.71 Å². The number of nitrogens with zero attached hydrogens (tertiary/aromatic N) is 2. The lowest BCUT2D eigenvalue weighted by Crippen LogP contribution is -2.20. The van der Waals surface area contributed by atoms with Gasteiger partial charge in [-0.2, -0.15) is 0 Å². The molecule has 0 radical (unpaired) electrons. The highest BCUT2D eigenvalue weighted by atomic mass is 31.2. The highest BCUT2D eigenvalue weighted by molar-refractivity contribution is 7.86. The average Bonchev–Trinajstić information content (AvgIpc) is 3.38. The van der Waals surface area contributed by atoms with Crippen molar-refractivity contribution in [2.45, 2.75) is 0 Å². The van der Waals surface area contributed by atoms with Crippen molar-refractivity contribution in [1.82, 2.24) is 9.97 Å². The Morgan fingerprint density at radius 3 is 2.30 bits per heavy atom. The van der Waals surface area contributed by atoms with Gasteiger partial charge in [0.25, 0.3) is 0 Å². The molecule has 1 aliphatic heterocycles. The lowest BCUT2D eigenvalue weighted by molar-refractivity contribution is 0.593. The number of aromatic nitrogens is 2. The largest absolute Gasteiger partial charge is 0.436 e. The van der Waals surface area contributed by atoms with Gasteiger partial charge >= 0.3 is 0 Å². The summed E-state index contributed by atoms with van der Waals surface area (Å²) in [5.41, 5.74) is 6.25. The van der Waals surface area contributed by atoms with E-state index in [1.807, 2.05) is 66.7 Å². The van der Waals surface area contributed by atoms with E-state index in [9.17, 15) is 4.57 Å². The third-order valence-corrected chi connectivity index (χ3v) is 9.59. The molecule has 1 unspecified atom stereocenters. The van der Waals surface area contributed by atoms with Crippen LogP contribution in [0.25, 0.3) is 44.5 Å². The maximum Gasteiger partial charge on any atom is 0.246 e. The summed E-state index contributed by atoms with van der Waals surface area (Å²) < 4.78 is 20.4. The Labute approximate surface area is 189 Å². The Bertz CT molecular complexity index is 1760. The smallest absolute Gasteiger partial charge is 0.246 e. The lowest BCUT2D eigenvalue weighted by Gasteiger charge is -2.15. The Morgan fingerprint density at radius 2 is 1.39 bits per heavy atom. The van der Waals surface area contributed by atoms with Crippen LogP contribution in [0.5, 0.6) is 0 Å². The van der Waals surface area contributed by atoms with Gasteiger partial charge in [0.1, 0.15) is 11.1 Å². The molecule has 0 saturated carbocycles. The van der Waals surface area contributed by atoms with Crippen molar-refractivity contribution in [1.29, 1.82) is 0 Å². The van der Waals surface area contributed by atoms with Crippen molar-refractivity contribution in [2.75, 3.05) is 0 Å². The van der Waals surface area contributed by atoms with Gasteiger partial charge in [-0.05, 0) is 46.5 Å². The van der Waals surface area contributed by atoms with Crippen molar-refractivity contribution < 1.29 is 8.98 Å². The third kappa shape index (κ3) is 2.56. The van der Waals surface area contributed by atoms with Crippen molar-refractivity contribution in [2.24, 2.45) is 0 Å². The first kappa shape index (κ1) is 18.6. The van der Waals surface area contributed by atoms with E-state index in [1.165, 1.54) is 0 Å². The fourth-order valence-electron chi connectivity index (χ4n) is 4.90. The van der Waals surface area contributed by atoms with Crippen LogP contribution in [0.4, 0.5) is 0 Å². The minimum atomic E-state index is -2.91. The van der Waals surface area contributed by atoms with Crippen LogP contribution in [-0.4, -0.2) is 9.97 Å². The van der Waals surface area contributed by atoms with Crippen LogP contribution < -0.4 is 15.9 Å². The molecule has 6 aromatic rings. The van der Waals surface area contributed by atoms with E-state index >= 15 is 0 Å². The van der Waals surface area contributed by atoms with Crippen molar-refractivity contribution in [3.8, 4) is 22.3 Å². The summed E-state index contributed by atoms with van der Waals surface area (Å²) in [5, 5.41) is 3.62. The van der Waals surface area contributed by atoms with Crippen LogP contribution >= 0.6 is 7.14 Å². The number of hydrogen-bond donors (Lipinski definition) is 0. The maximum atomic E-state index is 14.6. The predicted molar refractivity (Wildman–Crippen MR) is 133 cm³/mol. The molecule has 4 nitrogen and oxygen atoms in total. The molecule has 0 N–H and O–H groups in total. The Hall–Kier alpha value is -4.01. The van der Waals surface area contributed by atoms with E-state index in [1.54, 1.807) is 12.4 Å². The van der Waals surface area contributed by atoms with Crippen LogP contribution in [-0.2, 0) is 4.57 Å². The summed E-state index contributed by atoms with van der Waals surface area (Å²) in [6, 6.07) is 30.2. The van der Waals surface area contributed by atoms with Crippen molar-refractivity contribution in [3.63, 3.8) is 0 Å². The second kappa shape index (κ2) is 6.74. The first-order chi connectivity index (χ1) is 16.2. The van der Waals surface area contributed by atoms with E-state index in [0.29, 0.717) is 5.71 Å². The van der Waals surface area contributed by atoms with Gasteiger partial charge in [-0.25, -0.2) is 9.97 Å². The fraction of sp³-hybridized carbons (Fsp3) is 0. The lowest BCUT2D eigenvalue weighted by atomic mass is 9.98. The molecule has 33 heavy (non-hydrogen) atoms. The topological polar surface area (TPSA) is 56.0 Å². The highest BCUT2D eigenvalue weighted by Crippen LogP contribution is 2.52. The van der Waals surface area contributed by atoms with Gasteiger partial charge in [-0.1, -0.05) is 66.7 Å². The summed E-state index contributed by atoms with van der Waals surface area (Å²) in [6.45, 7) is 0. The number of rotatable bonds is 2. The van der Waals surface area contributed by atoms with E-state index in [-0.39, 0.29) is 0 Å². The summed E-state index contributed by atoms with van der Waals surface area (Å²) in [6.07, 6.45) is 3.31. The number of fused-ring (bicyclic) bond motifs is 6. The zero-order valence-corrected chi connectivity index (χ0v) is 18.4. The van der Waals surface area contributed by atoms with Gasteiger partial charge in [0.15, 0.2) is 7.14 Å². The van der Waals surface area contributed by atoms with Crippen LogP contribution in [0.2, 0.25) is 0 Å². The molecule has 0 saturated heterocycles. The first-order valence-electron chi connectivity index (χ1n) is 10.8. The molecular weight excluding hydrogens is 427 g/mol. The third-order valence-electron chi connectivity index (χ3n) is 6.43. The molecule has 2 aromatic heterocycles. The zero-order valence-electron chi connectivity index (χ0n) is 17.5. The normalized spacial score (nSPS) is 16.7. The van der Waals surface area contributed by atoms with Crippen LogP contribution in [0.3, 0.4) is 0 Å². The van der Waals surface area contributed by atoms with Gasteiger partial charge in [-0.3, -0.25) is 0 Å². The quantitative estimate of drug-likeness (QED) is 0.323. The van der Waals surface area contributed by atoms with E-state index < -0.39 is 7.14 Å². The molecule has 0 spiro atoms. The molecule has 3 heterocycles. The minimum Gasteiger partial charge on any atom is -0.436 e. The molecule has 4 aromatic carbocycles. The minimum absolute atomic E-state index is 0.538. The molecule has 5 heteroatoms. The van der Waals surface area contributed by atoms with Gasteiger partial charge in [0, 0.05) is 33.7 Å². The summed E-state index contributed by atoms with van der Waals surface area (Å²) in [7, 11) is -2.91. The predicted octanol–water partition coefficient (Wildman–Crippen LogP) is 5.66. The standard InChI is InChI=1S/C28H17N2O2P/c31-33(20-6-2-1-3-7-20)25-9-5-4-8-21(25)22-16-19(11-13-26(22)33)18-10-12-24-23(17-18)27-28(32-24)30-15-14-29-27/h1-17H. The molecular formula is C28H17N2O2P. The van der Waals surface area contributed by atoms with Gasteiger partial charge < -0.3 is 8.98 Å². The van der Waals surface area contributed by atoms with Crippen LogP contribution in [0.15, 0.2) is 108 Å². The highest BCUT2D eigenvalue weighted by Gasteiger charge is 2.39. The molecule has 0 aliphatic carbocycles. The van der Waals surface area contributed by atoms with Gasteiger partial charge in [-0.15, -0.1) is 0 Å². The molecule has 0 amide bonds. The molecule has 0 fully saturated rings. The second-order valence-corrected chi connectivity index (χ2v) is 10.9. The number of furan rings is 1. The SMILES string of the molecule is O=P1(c2ccccc2)c2ccccc2-c2cc(-c3ccc4oc5nccnc5c4c3)ccc21. The maximum absolute atomic E-state index is 14.6. The average molecular weight is 444 g/mol. The van der Waals surface area contributed by atoms with Crippen LogP contribution in [0.1, 0.15) is 0 Å². The number of benzene rings is 4. The number of hydrogen-bond acceptors (Lipinski definition) is 4. The van der Waals surface area contributed by atoms with E-state index in [0.717, 1.165) is 54.7 Å².